The van der Waals surface area contributed by atoms with Gasteiger partial charge in [0, 0.05) is 19.2 Å². The SMILES string of the molecule is COCCOc1ccc(S(=O)(=O)NC2CC2N)cc1. The summed E-state index contributed by atoms with van der Waals surface area (Å²) in [5.74, 6) is 0.610. The highest BCUT2D eigenvalue weighted by molar-refractivity contribution is 7.89. The van der Waals surface area contributed by atoms with Crippen molar-refractivity contribution in [2.75, 3.05) is 20.3 Å². The van der Waals surface area contributed by atoms with Gasteiger partial charge in [-0.2, -0.15) is 0 Å². The van der Waals surface area contributed by atoms with Gasteiger partial charge in [-0.1, -0.05) is 0 Å². The van der Waals surface area contributed by atoms with Crippen LogP contribution in [0.2, 0.25) is 0 Å². The predicted molar refractivity (Wildman–Crippen MR) is 70.5 cm³/mol. The molecule has 1 fully saturated rings. The fraction of sp³-hybridized carbons (Fsp3) is 0.500. The molecule has 3 N–H and O–H groups in total. The Balaban J connectivity index is 1.97. The van der Waals surface area contributed by atoms with E-state index < -0.39 is 10.0 Å². The molecule has 0 spiro atoms. The van der Waals surface area contributed by atoms with Gasteiger partial charge in [-0.25, -0.2) is 13.1 Å². The van der Waals surface area contributed by atoms with Gasteiger partial charge in [-0.15, -0.1) is 0 Å². The normalized spacial score (nSPS) is 22.2. The maximum absolute atomic E-state index is 12.0. The second-order valence-electron chi connectivity index (χ2n) is 4.44. The van der Waals surface area contributed by atoms with Gasteiger partial charge >= 0.3 is 0 Å². The molecule has 0 aliphatic heterocycles. The van der Waals surface area contributed by atoms with Crippen LogP contribution in [0.25, 0.3) is 0 Å². The lowest BCUT2D eigenvalue weighted by molar-refractivity contribution is 0.146. The van der Waals surface area contributed by atoms with Gasteiger partial charge in [-0.05, 0) is 30.7 Å². The van der Waals surface area contributed by atoms with Crippen LogP contribution in [0.15, 0.2) is 29.2 Å². The summed E-state index contributed by atoms with van der Waals surface area (Å²) in [6.45, 7) is 0.916. The third-order valence-electron chi connectivity index (χ3n) is 2.84. The van der Waals surface area contributed by atoms with Crippen LogP contribution in [-0.4, -0.2) is 40.8 Å². The minimum Gasteiger partial charge on any atom is -0.491 e. The smallest absolute Gasteiger partial charge is 0.240 e. The summed E-state index contributed by atoms with van der Waals surface area (Å²) in [5.41, 5.74) is 5.59. The summed E-state index contributed by atoms with van der Waals surface area (Å²) in [5, 5.41) is 0. The van der Waals surface area contributed by atoms with Gasteiger partial charge in [0.25, 0.3) is 0 Å². The first-order chi connectivity index (χ1) is 9.03. The van der Waals surface area contributed by atoms with Crippen LogP contribution < -0.4 is 15.2 Å². The third-order valence-corrected chi connectivity index (χ3v) is 4.34. The van der Waals surface area contributed by atoms with Gasteiger partial charge < -0.3 is 15.2 Å². The molecule has 2 atom stereocenters. The number of methoxy groups -OCH3 is 1. The van der Waals surface area contributed by atoms with Crippen LogP contribution in [0.3, 0.4) is 0 Å². The van der Waals surface area contributed by atoms with Crippen LogP contribution in [0, 0.1) is 0 Å². The fourth-order valence-electron chi connectivity index (χ4n) is 1.58. The van der Waals surface area contributed by atoms with E-state index in [9.17, 15) is 8.42 Å². The molecule has 2 rings (SSSR count). The summed E-state index contributed by atoms with van der Waals surface area (Å²) < 4.78 is 36.7. The molecule has 0 aromatic heterocycles. The van der Waals surface area contributed by atoms with Crippen molar-refractivity contribution in [2.45, 2.75) is 23.4 Å². The Kier molecular flexibility index (Phi) is 4.41. The average molecular weight is 286 g/mol. The van der Waals surface area contributed by atoms with Gasteiger partial charge in [0.05, 0.1) is 11.5 Å². The lowest BCUT2D eigenvalue weighted by Crippen LogP contribution is -2.29. The molecule has 19 heavy (non-hydrogen) atoms. The first-order valence-electron chi connectivity index (χ1n) is 6.02. The van der Waals surface area contributed by atoms with Crippen molar-refractivity contribution < 1.29 is 17.9 Å². The second-order valence-corrected chi connectivity index (χ2v) is 6.15. The monoisotopic (exact) mass is 286 g/mol. The number of benzene rings is 1. The number of nitrogens with one attached hydrogen (secondary N) is 1. The zero-order valence-electron chi connectivity index (χ0n) is 10.7. The van der Waals surface area contributed by atoms with E-state index in [-0.39, 0.29) is 17.0 Å². The first kappa shape index (κ1) is 14.3. The van der Waals surface area contributed by atoms with Crippen molar-refractivity contribution in [3.8, 4) is 5.75 Å². The standard InChI is InChI=1S/C12H18N2O4S/c1-17-6-7-18-9-2-4-10(5-3-9)19(15,16)14-12-8-11(12)13/h2-5,11-12,14H,6-8,13H2,1H3. The van der Waals surface area contributed by atoms with Gasteiger partial charge in [0.1, 0.15) is 12.4 Å². The summed E-state index contributed by atoms with van der Waals surface area (Å²) in [7, 11) is -1.89. The largest absolute Gasteiger partial charge is 0.491 e. The van der Waals surface area contributed by atoms with Crippen LogP contribution in [0.4, 0.5) is 0 Å². The highest BCUT2D eigenvalue weighted by atomic mass is 32.2. The fourth-order valence-corrected chi connectivity index (χ4v) is 2.88. The van der Waals surface area contributed by atoms with E-state index >= 15 is 0 Å². The van der Waals surface area contributed by atoms with Gasteiger partial charge in [0.15, 0.2) is 0 Å². The van der Waals surface area contributed by atoms with Gasteiger partial charge in [-0.3, -0.25) is 0 Å². The topological polar surface area (TPSA) is 90.6 Å². The summed E-state index contributed by atoms with van der Waals surface area (Å²) in [4.78, 5) is 0.214. The van der Waals surface area contributed by atoms with E-state index in [4.69, 9.17) is 15.2 Å². The molecule has 6 nitrogen and oxygen atoms in total. The molecular weight excluding hydrogens is 268 g/mol. The number of rotatable bonds is 7. The Morgan fingerprint density at radius 2 is 1.95 bits per heavy atom. The van der Waals surface area contributed by atoms with Crippen LogP contribution in [0.5, 0.6) is 5.75 Å². The Morgan fingerprint density at radius 3 is 2.47 bits per heavy atom. The molecule has 1 saturated carbocycles. The van der Waals surface area contributed by atoms with E-state index in [0.29, 0.717) is 25.4 Å². The zero-order chi connectivity index (χ0) is 13.9. The average Bonchev–Trinajstić information content (AvgIpc) is 3.05. The van der Waals surface area contributed by atoms with E-state index in [1.165, 1.54) is 12.1 Å². The first-order valence-corrected chi connectivity index (χ1v) is 7.51. The maximum atomic E-state index is 12.0. The highest BCUT2D eigenvalue weighted by Crippen LogP contribution is 2.22. The number of hydrogen-bond donors (Lipinski definition) is 2. The lowest BCUT2D eigenvalue weighted by Gasteiger charge is -2.08. The second kappa shape index (κ2) is 5.87. The Bertz CT molecular complexity index is 515. The van der Waals surface area contributed by atoms with E-state index in [2.05, 4.69) is 4.72 Å². The van der Waals surface area contributed by atoms with E-state index in [1.807, 2.05) is 0 Å². The molecule has 2 unspecified atom stereocenters. The molecule has 1 aliphatic carbocycles. The summed E-state index contributed by atoms with van der Waals surface area (Å²) >= 11 is 0. The molecule has 0 radical (unpaired) electrons. The zero-order valence-corrected chi connectivity index (χ0v) is 11.5. The Morgan fingerprint density at radius 1 is 1.32 bits per heavy atom. The van der Waals surface area contributed by atoms with E-state index in [0.717, 1.165) is 0 Å². The molecule has 7 heteroatoms. The molecule has 0 amide bonds. The van der Waals surface area contributed by atoms with Crippen molar-refractivity contribution in [3.05, 3.63) is 24.3 Å². The Hall–Kier alpha value is -1.15. The van der Waals surface area contributed by atoms with Crippen LogP contribution in [-0.2, 0) is 14.8 Å². The molecule has 1 aromatic carbocycles. The summed E-state index contributed by atoms with van der Waals surface area (Å²) in [6, 6.07) is 6.07. The molecular formula is C12H18N2O4S. The number of sulfonamides is 1. The van der Waals surface area contributed by atoms with E-state index in [1.54, 1.807) is 19.2 Å². The minimum absolute atomic E-state index is 0.0635. The third kappa shape index (κ3) is 3.90. The molecule has 106 valence electrons. The molecule has 1 aromatic rings. The quantitative estimate of drug-likeness (QED) is 0.693. The molecule has 0 heterocycles. The molecule has 1 aliphatic rings. The predicted octanol–water partition coefficient (Wildman–Crippen LogP) is 0.0897. The van der Waals surface area contributed by atoms with Crippen molar-refractivity contribution in [3.63, 3.8) is 0 Å². The van der Waals surface area contributed by atoms with Crippen LogP contribution in [0.1, 0.15) is 6.42 Å². The Labute approximate surface area is 112 Å². The maximum Gasteiger partial charge on any atom is 0.240 e. The van der Waals surface area contributed by atoms with Gasteiger partial charge in [0.2, 0.25) is 10.0 Å². The molecule has 0 bridgehead atoms. The molecule has 0 saturated heterocycles. The number of ether oxygens (including phenoxy) is 2. The van der Waals surface area contributed by atoms with Crippen molar-refractivity contribution in [2.24, 2.45) is 5.73 Å². The lowest BCUT2D eigenvalue weighted by atomic mass is 10.3. The number of nitrogens with two attached hydrogens (primary N) is 1. The minimum atomic E-state index is -3.48. The van der Waals surface area contributed by atoms with Crippen LogP contribution >= 0.6 is 0 Å². The van der Waals surface area contributed by atoms with Crippen molar-refractivity contribution in [1.82, 2.24) is 4.72 Å². The van der Waals surface area contributed by atoms with Crippen molar-refractivity contribution in [1.29, 1.82) is 0 Å². The number of hydrogen-bond acceptors (Lipinski definition) is 5. The summed E-state index contributed by atoms with van der Waals surface area (Å²) in [6.07, 6.45) is 0.692. The highest BCUT2D eigenvalue weighted by Gasteiger charge is 2.37. The van der Waals surface area contributed by atoms with Crippen molar-refractivity contribution >= 4 is 10.0 Å².